The molecule has 436 valence electrons. The first kappa shape index (κ1) is 72.7. The third-order valence-electron chi connectivity index (χ3n) is 13.8. The van der Waals surface area contributed by atoms with Crippen molar-refractivity contribution in [1.82, 2.24) is 5.32 Å². The van der Waals surface area contributed by atoms with Gasteiger partial charge in [-0.1, -0.05) is 272 Å². The maximum Gasteiger partial charge on any atom is 0.268 e. The summed E-state index contributed by atoms with van der Waals surface area (Å²) in [6.45, 7) is 4.52. The molecule has 0 aromatic heterocycles. The zero-order chi connectivity index (χ0) is 54.9. The quantitative estimate of drug-likeness (QED) is 0.0272. The standard InChI is InChI=1S/C66H121N2O6P/c1-6-8-10-12-14-16-18-20-22-24-26-28-30-31-32-33-34-35-36-38-39-41-43-45-47-49-51-53-55-57-59-65(69)64(63-74-75(71,72)73-62-61-68(3,4)5)67-66(70)60-58-56-54-52-50-48-46-44-42-40-37-29-27-25-23-21-19-17-15-13-11-9-7-2/h9,11,15,17,21,23,27,29,41,43,49,51,57,59,64-65,69H,6-8,10,12-14,16,18-20,22,24-26,28,30-40,42,44-48,50,52-56,58,60-63H2,1-5H3,(H-,67,70,71,72)/b11-9-,17-15-,23-21-,29-27-,43-41+,51-49+,59-57+. The van der Waals surface area contributed by atoms with Crippen molar-refractivity contribution in [3.63, 3.8) is 0 Å². The molecule has 0 aromatic rings. The van der Waals surface area contributed by atoms with Crippen molar-refractivity contribution in [2.75, 3.05) is 40.9 Å². The molecular weight excluding hydrogens is 948 g/mol. The summed E-state index contributed by atoms with van der Waals surface area (Å²) in [6.07, 6.45) is 79.7. The largest absolute Gasteiger partial charge is 0.756 e. The van der Waals surface area contributed by atoms with Gasteiger partial charge in [0.05, 0.1) is 39.9 Å². The molecule has 0 aromatic carbocycles. The average Bonchev–Trinajstić information content (AvgIpc) is 3.37. The van der Waals surface area contributed by atoms with Crippen LogP contribution in [0.2, 0.25) is 0 Å². The lowest BCUT2D eigenvalue weighted by atomic mass is 10.0. The summed E-state index contributed by atoms with van der Waals surface area (Å²) in [4.78, 5) is 25.5. The predicted octanol–water partition coefficient (Wildman–Crippen LogP) is 19.0. The first-order valence-corrected chi connectivity index (χ1v) is 32.9. The Balaban J connectivity index is 4.23. The molecule has 0 aliphatic rings. The Morgan fingerprint density at radius 2 is 0.827 bits per heavy atom. The first-order valence-electron chi connectivity index (χ1n) is 31.4. The number of carbonyl (C=O) groups excluding carboxylic acids is 1. The number of aliphatic hydroxyl groups excluding tert-OH is 1. The Morgan fingerprint density at radius 3 is 1.24 bits per heavy atom. The van der Waals surface area contributed by atoms with Crippen LogP contribution in [0.25, 0.3) is 0 Å². The Bertz CT molecular complexity index is 1500. The number of aliphatic hydroxyl groups is 1. The molecule has 0 radical (unpaired) electrons. The molecule has 0 aliphatic carbocycles. The molecule has 0 aliphatic heterocycles. The van der Waals surface area contributed by atoms with Crippen LogP contribution < -0.4 is 10.2 Å². The summed E-state index contributed by atoms with van der Waals surface area (Å²) >= 11 is 0. The molecule has 0 rings (SSSR count). The number of quaternary nitrogens is 1. The van der Waals surface area contributed by atoms with Crippen LogP contribution in [0, 0.1) is 0 Å². The summed E-state index contributed by atoms with van der Waals surface area (Å²) in [6, 6.07) is -0.919. The molecule has 0 saturated heterocycles. The first-order chi connectivity index (χ1) is 36.5. The molecule has 0 saturated carbocycles. The average molecular weight is 1070 g/mol. The number of hydrogen-bond acceptors (Lipinski definition) is 6. The van der Waals surface area contributed by atoms with Crippen molar-refractivity contribution in [3.05, 3.63) is 85.1 Å². The van der Waals surface area contributed by atoms with E-state index in [1.807, 2.05) is 27.2 Å². The highest BCUT2D eigenvalue weighted by atomic mass is 31.2. The second kappa shape index (κ2) is 56.4. The van der Waals surface area contributed by atoms with E-state index >= 15 is 0 Å². The molecule has 0 heterocycles. The maximum atomic E-state index is 13.0. The molecule has 2 N–H and O–H groups in total. The van der Waals surface area contributed by atoms with Crippen molar-refractivity contribution in [2.24, 2.45) is 0 Å². The van der Waals surface area contributed by atoms with Crippen molar-refractivity contribution in [1.29, 1.82) is 0 Å². The number of likely N-dealkylation sites (N-methyl/N-ethyl adjacent to an activating group) is 1. The van der Waals surface area contributed by atoms with Crippen LogP contribution in [-0.4, -0.2) is 68.5 Å². The van der Waals surface area contributed by atoms with Gasteiger partial charge in [0.15, 0.2) is 0 Å². The van der Waals surface area contributed by atoms with Crippen molar-refractivity contribution in [2.45, 2.75) is 289 Å². The Labute approximate surface area is 465 Å². The smallest absolute Gasteiger partial charge is 0.268 e. The minimum atomic E-state index is -4.62. The van der Waals surface area contributed by atoms with Gasteiger partial charge in [-0.2, -0.15) is 0 Å². The summed E-state index contributed by atoms with van der Waals surface area (Å²) < 4.78 is 23.4. The lowest BCUT2D eigenvalue weighted by molar-refractivity contribution is -0.870. The van der Waals surface area contributed by atoms with Crippen molar-refractivity contribution in [3.8, 4) is 0 Å². The van der Waals surface area contributed by atoms with Gasteiger partial charge in [0.2, 0.25) is 5.91 Å². The molecule has 75 heavy (non-hydrogen) atoms. The van der Waals surface area contributed by atoms with E-state index in [0.717, 1.165) is 77.0 Å². The number of unbranched alkanes of at least 4 members (excludes halogenated alkanes) is 32. The third-order valence-corrected chi connectivity index (χ3v) is 14.8. The summed E-state index contributed by atoms with van der Waals surface area (Å²) in [5.74, 6) is -0.217. The molecule has 0 spiro atoms. The number of nitrogens with zero attached hydrogens (tertiary/aromatic N) is 1. The number of carbonyl (C=O) groups is 1. The summed E-state index contributed by atoms with van der Waals surface area (Å²) in [5.41, 5.74) is 0. The topological polar surface area (TPSA) is 108 Å². The molecule has 3 unspecified atom stereocenters. The van der Waals surface area contributed by atoms with Crippen LogP contribution in [0.4, 0.5) is 0 Å². The number of hydrogen-bond donors (Lipinski definition) is 2. The zero-order valence-corrected chi connectivity index (χ0v) is 50.6. The predicted molar refractivity (Wildman–Crippen MR) is 325 cm³/mol. The minimum Gasteiger partial charge on any atom is -0.756 e. The van der Waals surface area contributed by atoms with E-state index < -0.39 is 26.6 Å². The Kier molecular flexibility index (Phi) is 54.7. The van der Waals surface area contributed by atoms with Crippen LogP contribution in [0.1, 0.15) is 277 Å². The molecule has 0 bridgehead atoms. The number of nitrogens with one attached hydrogen (secondary N) is 1. The summed E-state index contributed by atoms with van der Waals surface area (Å²) in [5, 5.41) is 13.9. The van der Waals surface area contributed by atoms with E-state index in [0.29, 0.717) is 17.4 Å². The fraction of sp³-hybridized carbons (Fsp3) is 0.773. The molecule has 1 amide bonds. The molecular formula is C66H121N2O6P. The Hall–Kier alpha value is -2.32. The highest BCUT2D eigenvalue weighted by molar-refractivity contribution is 7.45. The molecule has 3 atom stereocenters. The number of phosphoric ester groups is 1. The Morgan fingerprint density at radius 1 is 0.480 bits per heavy atom. The van der Waals surface area contributed by atoms with E-state index in [2.05, 4.69) is 92.1 Å². The van der Waals surface area contributed by atoms with Gasteiger partial charge in [-0.3, -0.25) is 9.36 Å². The molecule has 0 fully saturated rings. The number of amides is 1. The third kappa shape index (κ3) is 59.2. The SMILES string of the molecule is CC/C=C\C/C=C\C/C=C\C/C=C\CCCCCCCCCCCCC(=O)NC(COP(=O)([O-])OCC[N+](C)(C)C)C(O)/C=C/CC/C=C/CC/C=C/CCCCCCCCCCCCCCCCCCCCCC. The second-order valence-corrected chi connectivity index (χ2v) is 23.8. The number of rotatable bonds is 57. The van der Waals surface area contributed by atoms with Gasteiger partial charge in [-0.15, -0.1) is 0 Å². The van der Waals surface area contributed by atoms with Crippen LogP contribution in [-0.2, 0) is 18.4 Å². The lowest BCUT2D eigenvalue weighted by Gasteiger charge is -2.29. The van der Waals surface area contributed by atoms with Gasteiger partial charge in [0, 0.05) is 6.42 Å². The van der Waals surface area contributed by atoms with Gasteiger partial charge in [-0.05, 0) is 83.5 Å². The van der Waals surface area contributed by atoms with Gasteiger partial charge in [0.25, 0.3) is 7.82 Å². The number of allylic oxidation sites excluding steroid dienone is 13. The van der Waals surface area contributed by atoms with E-state index in [-0.39, 0.29) is 12.5 Å². The minimum absolute atomic E-state index is 0.0134. The highest BCUT2D eigenvalue weighted by Crippen LogP contribution is 2.38. The maximum absolute atomic E-state index is 13.0. The normalized spacial score (nSPS) is 14.4. The van der Waals surface area contributed by atoms with Gasteiger partial charge in [-0.25, -0.2) is 0 Å². The van der Waals surface area contributed by atoms with E-state index in [1.54, 1.807) is 6.08 Å². The van der Waals surface area contributed by atoms with Gasteiger partial charge >= 0.3 is 0 Å². The summed E-state index contributed by atoms with van der Waals surface area (Å²) in [7, 11) is 1.23. The molecule has 9 heteroatoms. The van der Waals surface area contributed by atoms with E-state index in [9.17, 15) is 19.4 Å². The van der Waals surface area contributed by atoms with Crippen LogP contribution in [0.15, 0.2) is 85.1 Å². The number of phosphoric acid groups is 1. The van der Waals surface area contributed by atoms with Crippen molar-refractivity contribution >= 4 is 13.7 Å². The van der Waals surface area contributed by atoms with Crippen LogP contribution >= 0.6 is 7.82 Å². The lowest BCUT2D eigenvalue weighted by Crippen LogP contribution is -2.45. The van der Waals surface area contributed by atoms with Crippen LogP contribution in [0.5, 0.6) is 0 Å². The fourth-order valence-electron chi connectivity index (χ4n) is 8.94. The highest BCUT2D eigenvalue weighted by Gasteiger charge is 2.23. The van der Waals surface area contributed by atoms with Gasteiger partial charge in [0.1, 0.15) is 13.2 Å². The van der Waals surface area contributed by atoms with E-state index in [4.69, 9.17) is 9.05 Å². The zero-order valence-electron chi connectivity index (χ0n) is 49.7. The fourth-order valence-corrected chi connectivity index (χ4v) is 9.67. The van der Waals surface area contributed by atoms with Crippen molar-refractivity contribution < 1.29 is 32.9 Å². The second-order valence-electron chi connectivity index (χ2n) is 22.4. The van der Waals surface area contributed by atoms with E-state index in [1.165, 1.54) is 180 Å². The van der Waals surface area contributed by atoms with Crippen LogP contribution in [0.3, 0.4) is 0 Å². The van der Waals surface area contributed by atoms with Gasteiger partial charge < -0.3 is 28.8 Å². The molecule has 8 nitrogen and oxygen atoms in total. The monoisotopic (exact) mass is 1070 g/mol.